The average Bonchev–Trinajstić information content (AvgIpc) is 2.70. The zero-order valence-electron chi connectivity index (χ0n) is 14.7. The minimum absolute atomic E-state index is 0.234. The van der Waals surface area contributed by atoms with Gasteiger partial charge in [0.05, 0.1) is 18.7 Å². The van der Waals surface area contributed by atoms with Crippen molar-refractivity contribution in [1.82, 2.24) is 10.9 Å². The Balaban J connectivity index is 1.95. The van der Waals surface area contributed by atoms with Gasteiger partial charge in [-0.15, -0.1) is 0 Å². The Labute approximate surface area is 155 Å². The number of rotatable bonds is 5. The van der Waals surface area contributed by atoms with E-state index in [9.17, 15) is 14.4 Å². The molecule has 2 amide bonds. The molecule has 2 aromatic carbocycles. The first-order chi connectivity index (χ1) is 12.9. The highest BCUT2D eigenvalue weighted by atomic mass is 16.6. The molecule has 0 fully saturated rings. The zero-order chi connectivity index (χ0) is 19.8. The summed E-state index contributed by atoms with van der Waals surface area (Å²) in [6.45, 7) is 1.46. The lowest BCUT2D eigenvalue weighted by molar-refractivity contribution is -0.142. The van der Waals surface area contributed by atoms with Gasteiger partial charge < -0.3 is 9.47 Å². The molecule has 0 heterocycles. The van der Waals surface area contributed by atoms with Crippen molar-refractivity contribution in [3.05, 3.63) is 64.7 Å². The van der Waals surface area contributed by atoms with E-state index in [2.05, 4.69) is 15.6 Å². The van der Waals surface area contributed by atoms with E-state index >= 15 is 0 Å². The smallest absolute Gasteiger partial charge is 0.343 e. The molecule has 0 aliphatic carbocycles. The number of hydrogen-bond donors (Lipinski definition) is 2. The molecule has 0 bridgehead atoms. The highest BCUT2D eigenvalue weighted by molar-refractivity contribution is 5.99. The highest BCUT2D eigenvalue weighted by Crippen LogP contribution is 2.17. The van der Waals surface area contributed by atoms with E-state index in [1.807, 2.05) is 6.07 Å². The SMILES string of the molecule is COC(=O)COc1ccc(C(=O)NNC(=O)c2ccc(C#N)cc2)c(C)c1. The summed E-state index contributed by atoms with van der Waals surface area (Å²) in [5.41, 5.74) is 6.31. The van der Waals surface area contributed by atoms with Crippen LogP contribution in [-0.2, 0) is 9.53 Å². The van der Waals surface area contributed by atoms with Gasteiger partial charge in [-0.2, -0.15) is 5.26 Å². The predicted molar refractivity (Wildman–Crippen MR) is 94.8 cm³/mol. The number of benzene rings is 2. The largest absolute Gasteiger partial charge is 0.482 e. The summed E-state index contributed by atoms with van der Waals surface area (Å²) in [5, 5.41) is 8.75. The van der Waals surface area contributed by atoms with Gasteiger partial charge in [-0.25, -0.2) is 4.79 Å². The monoisotopic (exact) mass is 367 g/mol. The van der Waals surface area contributed by atoms with Gasteiger partial charge in [0.2, 0.25) is 0 Å². The third-order valence-corrected chi connectivity index (χ3v) is 3.59. The number of nitriles is 1. The number of aryl methyl sites for hydroxylation is 1. The molecule has 8 nitrogen and oxygen atoms in total. The maximum absolute atomic E-state index is 12.2. The molecule has 0 unspecified atom stereocenters. The molecule has 0 aromatic heterocycles. The van der Waals surface area contributed by atoms with Gasteiger partial charge in [0.15, 0.2) is 6.61 Å². The minimum Gasteiger partial charge on any atom is -0.482 e. The van der Waals surface area contributed by atoms with Crippen molar-refractivity contribution in [2.45, 2.75) is 6.92 Å². The number of ether oxygens (including phenoxy) is 2. The molecule has 2 aromatic rings. The lowest BCUT2D eigenvalue weighted by Crippen LogP contribution is -2.41. The Kier molecular flexibility index (Phi) is 6.49. The highest BCUT2D eigenvalue weighted by Gasteiger charge is 2.12. The van der Waals surface area contributed by atoms with Crippen molar-refractivity contribution in [2.24, 2.45) is 0 Å². The van der Waals surface area contributed by atoms with Crippen molar-refractivity contribution in [1.29, 1.82) is 5.26 Å². The second-order valence-electron chi connectivity index (χ2n) is 5.44. The van der Waals surface area contributed by atoms with Crippen LogP contribution < -0.4 is 15.6 Å². The molecule has 2 N–H and O–H groups in total. The first-order valence-corrected chi connectivity index (χ1v) is 7.85. The van der Waals surface area contributed by atoms with Gasteiger partial charge in [0.25, 0.3) is 11.8 Å². The number of hydrazine groups is 1. The number of carbonyl (C=O) groups excluding carboxylic acids is 3. The lowest BCUT2D eigenvalue weighted by atomic mass is 10.1. The van der Waals surface area contributed by atoms with E-state index in [1.165, 1.54) is 43.5 Å². The number of methoxy groups -OCH3 is 1. The Morgan fingerprint density at radius 3 is 2.30 bits per heavy atom. The molecule has 0 spiro atoms. The quantitative estimate of drug-likeness (QED) is 0.611. The first-order valence-electron chi connectivity index (χ1n) is 7.85. The van der Waals surface area contributed by atoms with Crippen LogP contribution in [-0.4, -0.2) is 31.5 Å². The predicted octanol–water partition coefficient (Wildman–Crippen LogP) is 1.49. The molecular formula is C19H17N3O5. The van der Waals surface area contributed by atoms with E-state index in [1.54, 1.807) is 13.0 Å². The van der Waals surface area contributed by atoms with Gasteiger partial charge in [-0.1, -0.05) is 0 Å². The Bertz CT molecular complexity index is 901. The number of hydrogen-bond acceptors (Lipinski definition) is 6. The summed E-state index contributed by atoms with van der Waals surface area (Å²) in [7, 11) is 1.26. The zero-order valence-corrected chi connectivity index (χ0v) is 14.7. The second-order valence-corrected chi connectivity index (χ2v) is 5.44. The van der Waals surface area contributed by atoms with Crippen LogP contribution in [0.1, 0.15) is 31.8 Å². The van der Waals surface area contributed by atoms with E-state index in [-0.39, 0.29) is 6.61 Å². The summed E-state index contributed by atoms with van der Waals surface area (Å²) in [6, 6.07) is 12.6. The molecule has 0 radical (unpaired) electrons. The van der Waals surface area contributed by atoms with Crippen LogP contribution in [0, 0.1) is 18.3 Å². The third kappa shape index (κ3) is 5.31. The Morgan fingerprint density at radius 2 is 1.70 bits per heavy atom. The van der Waals surface area contributed by atoms with Crippen molar-refractivity contribution in [2.75, 3.05) is 13.7 Å². The number of amides is 2. The Morgan fingerprint density at radius 1 is 1.04 bits per heavy atom. The van der Waals surface area contributed by atoms with E-state index in [0.717, 1.165) is 0 Å². The fourth-order valence-corrected chi connectivity index (χ4v) is 2.13. The fourth-order valence-electron chi connectivity index (χ4n) is 2.13. The maximum Gasteiger partial charge on any atom is 0.343 e. The lowest BCUT2D eigenvalue weighted by Gasteiger charge is -2.11. The number of nitrogens with one attached hydrogen (secondary N) is 2. The molecule has 0 aliphatic rings. The maximum atomic E-state index is 12.2. The summed E-state index contributed by atoms with van der Waals surface area (Å²) in [6.07, 6.45) is 0. The minimum atomic E-state index is -0.514. The van der Waals surface area contributed by atoms with Crippen LogP contribution >= 0.6 is 0 Å². The summed E-state index contributed by atoms with van der Waals surface area (Å²) >= 11 is 0. The van der Waals surface area contributed by atoms with Crippen molar-refractivity contribution >= 4 is 17.8 Å². The Hall–Kier alpha value is -3.86. The topological polar surface area (TPSA) is 118 Å². The van der Waals surface area contributed by atoms with Gasteiger partial charge >= 0.3 is 5.97 Å². The molecule has 0 aliphatic heterocycles. The number of nitrogens with zero attached hydrogens (tertiary/aromatic N) is 1. The molecule has 0 atom stereocenters. The summed E-state index contributed by atoms with van der Waals surface area (Å²) in [5.74, 6) is -1.12. The summed E-state index contributed by atoms with van der Waals surface area (Å²) in [4.78, 5) is 35.3. The first kappa shape index (κ1) is 19.5. The molecular weight excluding hydrogens is 350 g/mol. The fraction of sp³-hybridized carbons (Fsp3) is 0.158. The van der Waals surface area contributed by atoms with Crippen molar-refractivity contribution in [3.63, 3.8) is 0 Å². The van der Waals surface area contributed by atoms with Crippen molar-refractivity contribution in [3.8, 4) is 11.8 Å². The molecule has 0 saturated heterocycles. The average molecular weight is 367 g/mol. The summed E-state index contributed by atoms with van der Waals surface area (Å²) < 4.78 is 9.73. The van der Waals surface area contributed by atoms with Crippen LogP contribution in [0.15, 0.2) is 42.5 Å². The molecule has 0 saturated carbocycles. The van der Waals surface area contributed by atoms with Crippen LogP contribution in [0.4, 0.5) is 0 Å². The molecule has 27 heavy (non-hydrogen) atoms. The van der Waals surface area contributed by atoms with Crippen LogP contribution in [0.3, 0.4) is 0 Å². The van der Waals surface area contributed by atoms with E-state index < -0.39 is 17.8 Å². The third-order valence-electron chi connectivity index (χ3n) is 3.59. The van der Waals surface area contributed by atoms with Gasteiger partial charge in [-0.3, -0.25) is 20.4 Å². The van der Waals surface area contributed by atoms with E-state index in [4.69, 9.17) is 10.00 Å². The van der Waals surface area contributed by atoms with Crippen LogP contribution in [0.5, 0.6) is 5.75 Å². The van der Waals surface area contributed by atoms with Gasteiger partial charge in [0, 0.05) is 11.1 Å². The van der Waals surface area contributed by atoms with Gasteiger partial charge in [-0.05, 0) is 55.0 Å². The number of esters is 1. The molecule has 2 rings (SSSR count). The number of carbonyl (C=O) groups is 3. The standard InChI is InChI=1S/C19H17N3O5/c1-12-9-15(27-11-17(23)26-2)7-8-16(12)19(25)22-21-18(24)14-5-3-13(10-20)4-6-14/h3-9H,11H2,1-2H3,(H,21,24)(H,22,25). The normalized spacial score (nSPS) is 9.67. The second kappa shape index (κ2) is 9.01. The molecule has 138 valence electrons. The van der Waals surface area contributed by atoms with Crippen LogP contribution in [0.25, 0.3) is 0 Å². The van der Waals surface area contributed by atoms with Crippen LogP contribution in [0.2, 0.25) is 0 Å². The molecule has 8 heteroatoms. The van der Waals surface area contributed by atoms with Crippen molar-refractivity contribution < 1.29 is 23.9 Å². The van der Waals surface area contributed by atoms with E-state index in [0.29, 0.717) is 28.0 Å². The van der Waals surface area contributed by atoms with Gasteiger partial charge in [0.1, 0.15) is 5.75 Å².